The summed E-state index contributed by atoms with van der Waals surface area (Å²) in [5.41, 5.74) is 3.63. The number of amides is 1. The van der Waals surface area contributed by atoms with Crippen molar-refractivity contribution >= 4 is 11.9 Å². The minimum atomic E-state index is 0.00181. The highest BCUT2D eigenvalue weighted by molar-refractivity contribution is 5.80. The van der Waals surface area contributed by atoms with Crippen molar-refractivity contribution in [2.45, 2.75) is 45.1 Å². The molecule has 2 atom stereocenters. The monoisotopic (exact) mass is 350 g/mol. The van der Waals surface area contributed by atoms with Crippen molar-refractivity contribution in [1.82, 2.24) is 15.3 Å². The number of benzene rings is 1. The normalized spacial score (nSPS) is 22.6. The minimum absolute atomic E-state index is 0.00181. The van der Waals surface area contributed by atoms with Crippen molar-refractivity contribution in [1.29, 1.82) is 0 Å². The second-order valence-electron chi connectivity index (χ2n) is 7.44. The summed E-state index contributed by atoms with van der Waals surface area (Å²) in [5.74, 6) is 0.913. The predicted octanol–water partition coefficient (Wildman–Crippen LogP) is 3.20. The molecule has 1 aliphatic heterocycles. The number of fused-ring (bicyclic) bond motifs is 1. The molecule has 26 heavy (non-hydrogen) atoms. The third-order valence-electron chi connectivity index (χ3n) is 5.54. The molecule has 1 aromatic carbocycles. The summed E-state index contributed by atoms with van der Waals surface area (Å²) >= 11 is 0. The van der Waals surface area contributed by atoms with Crippen LogP contribution in [0, 0.1) is 12.8 Å². The number of piperidine rings is 1. The van der Waals surface area contributed by atoms with Gasteiger partial charge in [-0.15, -0.1) is 0 Å². The maximum absolute atomic E-state index is 12.9. The smallest absolute Gasteiger partial charge is 0.225 e. The van der Waals surface area contributed by atoms with Crippen molar-refractivity contribution in [3.05, 3.63) is 53.3 Å². The molecule has 1 saturated heterocycles. The molecule has 2 heterocycles. The summed E-state index contributed by atoms with van der Waals surface area (Å²) < 4.78 is 0. The van der Waals surface area contributed by atoms with Crippen LogP contribution in [0.5, 0.6) is 0 Å². The number of aromatic nitrogens is 2. The van der Waals surface area contributed by atoms with Gasteiger partial charge in [-0.3, -0.25) is 4.79 Å². The van der Waals surface area contributed by atoms with E-state index in [0.29, 0.717) is 6.54 Å². The van der Waals surface area contributed by atoms with E-state index in [1.165, 1.54) is 11.1 Å². The molecule has 1 fully saturated rings. The molecule has 1 N–H and O–H groups in total. The first-order valence-electron chi connectivity index (χ1n) is 9.63. The lowest BCUT2D eigenvalue weighted by molar-refractivity contribution is -0.126. The molecule has 136 valence electrons. The van der Waals surface area contributed by atoms with Crippen molar-refractivity contribution < 1.29 is 4.79 Å². The first-order valence-corrected chi connectivity index (χ1v) is 9.63. The Kier molecular flexibility index (Phi) is 4.87. The number of carbonyl (C=O) groups is 1. The summed E-state index contributed by atoms with van der Waals surface area (Å²) in [5, 5.41) is 3.32. The molecular weight excluding hydrogens is 324 g/mol. The van der Waals surface area contributed by atoms with Crippen LogP contribution < -0.4 is 10.2 Å². The highest BCUT2D eigenvalue weighted by Gasteiger charge is 2.30. The first kappa shape index (κ1) is 17.0. The topological polar surface area (TPSA) is 58.1 Å². The molecule has 1 aromatic heterocycles. The highest BCUT2D eigenvalue weighted by Crippen LogP contribution is 2.30. The largest absolute Gasteiger partial charge is 0.349 e. The molecule has 4 rings (SSSR count). The zero-order valence-electron chi connectivity index (χ0n) is 15.3. The van der Waals surface area contributed by atoms with Gasteiger partial charge >= 0.3 is 0 Å². The second-order valence-corrected chi connectivity index (χ2v) is 7.44. The number of anilines is 1. The number of hydrogen-bond acceptors (Lipinski definition) is 4. The molecule has 0 radical (unpaired) electrons. The molecule has 1 aliphatic carbocycles. The molecule has 2 aliphatic rings. The lowest BCUT2D eigenvalue weighted by Gasteiger charge is -2.34. The summed E-state index contributed by atoms with van der Waals surface area (Å²) in [7, 11) is 0. The van der Waals surface area contributed by atoms with E-state index in [2.05, 4.69) is 44.5 Å². The van der Waals surface area contributed by atoms with Gasteiger partial charge in [-0.2, -0.15) is 0 Å². The summed E-state index contributed by atoms with van der Waals surface area (Å²) in [6.07, 6.45) is 7.00. The fourth-order valence-electron chi connectivity index (χ4n) is 4.15. The fourth-order valence-corrected chi connectivity index (χ4v) is 4.15. The number of aryl methyl sites for hydroxylation is 2. The van der Waals surface area contributed by atoms with Crippen LogP contribution in [-0.4, -0.2) is 29.0 Å². The van der Waals surface area contributed by atoms with E-state index in [0.717, 1.165) is 50.3 Å². The molecule has 5 heteroatoms. The molecule has 0 bridgehead atoms. The third kappa shape index (κ3) is 3.57. The SMILES string of the molecule is Cc1ccnc(N2CCCC(C(=O)NC3CCCc4ccccc43)C2)n1. The van der Waals surface area contributed by atoms with Crippen LogP contribution in [0.2, 0.25) is 0 Å². The maximum atomic E-state index is 12.9. The van der Waals surface area contributed by atoms with Gasteiger partial charge in [-0.05, 0) is 56.2 Å². The van der Waals surface area contributed by atoms with Gasteiger partial charge in [-0.25, -0.2) is 9.97 Å². The number of nitrogens with zero attached hydrogens (tertiary/aromatic N) is 3. The van der Waals surface area contributed by atoms with Crippen LogP contribution >= 0.6 is 0 Å². The number of rotatable bonds is 3. The van der Waals surface area contributed by atoms with E-state index >= 15 is 0 Å². The van der Waals surface area contributed by atoms with Crippen LogP contribution in [0.3, 0.4) is 0 Å². The fraction of sp³-hybridized carbons (Fsp3) is 0.476. The van der Waals surface area contributed by atoms with E-state index in [9.17, 15) is 4.79 Å². The lowest BCUT2D eigenvalue weighted by Crippen LogP contribution is -2.45. The van der Waals surface area contributed by atoms with Gasteiger partial charge in [0.05, 0.1) is 12.0 Å². The van der Waals surface area contributed by atoms with E-state index in [1.807, 2.05) is 13.0 Å². The zero-order valence-corrected chi connectivity index (χ0v) is 15.3. The Labute approximate surface area is 154 Å². The Morgan fingerprint density at radius 1 is 1.19 bits per heavy atom. The number of nitrogens with one attached hydrogen (secondary N) is 1. The Balaban J connectivity index is 1.44. The van der Waals surface area contributed by atoms with Gasteiger partial charge in [0.25, 0.3) is 0 Å². The van der Waals surface area contributed by atoms with Crippen LogP contribution in [0.1, 0.15) is 48.5 Å². The molecule has 5 nitrogen and oxygen atoms in total. The van der Waals surface area contributed by atoms with Crippen molar-refractivity contribution in [2.75, 3.05) is 18.0 Å². The van der Waals surface area contributed by atoms with E-state index in [1.54, 1.807) is 6.20 Å². The van der Waals surface area contributed by atoms with Crippen LogP contribution in [-0.2, 0) is 11.2 Å². The summed E-state index contributed by atoms with van der Waals surface area (Å²) in [6.45, 7) is 3.59. The maximum Gasteiger partial charge on any atom is 0.225 e. The standard InChI is InChI=1S/C21H26N4O/c1-15-11-12-22-21(23-15)25-13-5-8-17(14-25)20(26)24-19-10-4-7-16-6-2-3-9-18(16)19/h2-3,6,9,11-12,17,19H,4-5,7-8,10,13-14H2,1H3,(H,24,26). The van der Waals surface area contributed by atoms with Gasteiger partial charge in [0, 0.05) is 25.0 Å². The van der Waals surface area contributed by atoms with E-state index in [4.69, 9.17) is 0 Å². The Bertz CT molecular complexity index is 791. The van der Waals surface area contributed by atoms with Gasteiger partial charge in [0.1, 0.15) is 0 Å². The van der Waals surface area contributed by atoms with Gasteiger partial charge in [0.2, 0.25) is 11.9 Å². The summed E-state index contributed by atoms with van der Waals surface area (Å²) in [4.78, 5) is 24.0. The number of carbonyl (C=O) groups excluding carboxylic acids is 1. The first-order chi connectivity index (χ1) is 12.7. The summed E-state index contributed by atoms with van der Waals surface area (Å²) in [6, 6.07) is 10.6. The quantitative estimate of drug-likeness (QED) is 0.924. The lowest BCUT2D eigenvalue weighted by atomic mass is 9.87. The predicted molar refractivity (Wildman–Crippen MR) is 102 cm³/mol. The van der Waals surface area contributed by atoms with E-state index < -0.39 is 0 Å². The van der Waals surface area contributed by atoms with Crippen molar-refractivity contribution in [3.8, 4) is 0 Å². The van der Waals surface area contributed by atoms with Crippen LogP contribution in [0.4, 0.5) is 5.95 Å². The van der Waals surface area contributed by atoms with E-state index in [-0.39, 0.29) is 17.9 Å². The minimum Gasteiger partial charge on any atom is -0.349 e. The van der Waals surface area contributed by atoms with Gasteiger partial charge < -0.3 is 10.2 Å². The zero-order chi connectivity index (χ0) is 17.9. The average molecular weight is 350 g/mol. The molecular formula is C21H26N4O. The van der Waals surface area contributed by atoms with Crippen molar-refractivity contribution in [2.24, 2.45) is 5.92 Å². The molecule has 2 unspecified atom stereocenters. The molecule has 0 saturated carbocycles. The molecule has 2 aromatic rings. The van der Waals surface area contributed by atoms with Gasteiger partial charge in [0.15, 0.2) is 0 Å². The Morgan fingerprint density at radius 2 is 2.08 bits per heavy atom. The van der Waals surface area contributed by atoms with Gasteiger partial charge in [-0.1, -0.05) is 24.3 Å². The third-order valence-corrected chi connectivity index (χ3v) is 5.54. The van der Waals surface area contributed by atoms with Crippen molar-refractivity contribution in [3.63, 3.8) is 0 Å². The molecule has 1 amide bonds. The van der Waals surface area contributed by atoms with Crippen LogP contribution in [0.15, 0.2) is 36.5 Å². The number of hydrogen-bond donors (Lipinski definition) is 1. The molecule has 0 spiro atoms. The second kappa shape index (κ2) is 7.44. The van der Waals surface area contributed by atoms with Crippen LogP contribution in [0.25, 0.3) is 0 Å². The highest BCUT2D eigenvalue weighted by atomic mass is 16.2. The Hall–Kier alpha value is -2.43. The average Bonchev–Trinajstić information content (AvgIpc) is 2.68. The Morgan fingerprint density at radius 3 is 2.96 bits per heavy atom.